The van der Waals surface area contributed by atoms with Crippen molar-refractivity contribution in [2.75, 3.05) is 9.80 Å². The molecule has 26 rings (SSSR count). The van der Waals surface area contributed by atoms with Gasteiger partial charge in [-0.05, 0) is 174 Å². The highest BCUT2D eigenvalue weighted by atomic mass is 15.2. The number of pyridine rings is 2. The summed E-state index contributed by atoms with van der Waals surface area (Å²) in [6.07, 6.45) is 0. The Bertz CT molecular complexity index is 8160. The van der Waals surface area contributed by atoms with Gasteiger partial charge in [0, 0.05) is 77.4 Å². The van der Waals surface area contributed by atoms with Gasteiger partial charge in [-0.3, -0.25) is 0 Å². The largest absolute Gasteiger partial charge is 0.310 e. The van der Waals surface area contributed by atoms with Crippen LogP contribution in [0.25, 0.3) is 167 Å². The fraction of sp³-hybridized carbons (Fsp3) is 0.0168. The van der Waals surface area contributed by atoms with Crippen LogP contribution in [0.4, 0.5) is 34.1 Å². The van der Waals surface area contributed by atoms with Crippen molar-refractivity contribution in [2.45, 2.75) is 10.8 Å². The molecule has 2 spiro atoms. The van der Waals surface area contributed by atoms with Gasteiger partial charge < -0.3 is 9.80 Å². The predicted molar refractivity (Wildman–Crippen MR) is 521 cm³/mol. The highest BCUT2D eigenvalue weighted by Gasteiger charge is 2.54. The Hall–Kier alpha value is -17.0. The molecule has 0 amide bonds. The average Bonchev–Trinajstić information content (AvgIpc) is 1.46. The van der Waals surface area contributed by atoms with Crippen LogP contribution in [0.2, 0.25) is 0 Å². The van der Waals surface area contributed by atoms with Crippen molar-refractivity contribution in [2.24, 2.45) is 0 Å². The predicted octanol–water partition coefficient (Wildman–Crippen LogP) is 29.4. The van der Waals surface area contributed by atoms with Crippen LogP contribution in [0.3, 0.4) is 0 Å². The van der Waals surface area contributed by atoms with E-state index in [4.69, 9.17) is 34.9 Å². The molecule has 0 atom stereocenters. The summed E-state index contributed by atoms with van der Waals surface area (Å²) in [4.78, 5) is 42.4. The van der Waals surface area contributed by atoms with Gasteiger partial charge in [0.1, 0.15) is 0 Å². The van der Waals surface area contributed by atoms with Gasteiger partial charge in [0.25, 0.3) is 0 Å². The molecule has 128 heavy (non-hydrogen) atoms. The molecule has 9 nitrogen and oxygen atoms in total. The number of rotatable bonds is 11. The van der Waals surface area contributed by atoms with Crippen LogP contribution < -0.4 is 9.80 Å². The second-order valence-corrected chi connectivity index (χ2v) is 33.7. The number of anilines is 6. The van der Waals surface area contributed by atoms with Crippen molar-refractivity contribution >= 4 is 77.5 Å². The molecule has 4 aliphatic rings. The lowest BCUT2D eigenvalue weighted by atomic mass is 9.64. The van der Waals surface area contributed by atoms with E-state index in [1.165, 1.54) is 66.8 Å². The number of para-hydroxylation sites is 5. The molecule has 0 saturated carbocycles. The summed E-state index contributed by atoms with van der Waals surface area (Å²) in [6, 6.07) is 160. The monoisotopic (exact) mass is 1630 g/mol. The summed E-state index contributed by atoms with van der Waals surface area (Å²) in [5.74, 6) is 2.46. The van der Waals surface area contributed by atoms with Crippen LogP contribution in [0.5, 0.6) is 0 Å². The maximum atomic E-state index is 5.67. The molecule has 0 N–H and O–H groups in total. The molecule has 0 unspecified atom stereocenters. The molecule has 0 bridgehead atoms. The van der Waals surface area contributed by atoms with Crippen LogP contribution in [-0.2, 0) is 10.8 Å². The van der Waals surface area contributed by atoms with Crippen LogP contribution in [0.15, 0.2) is 443 Å². The molecule has 2 aliphatic carbocycles. The second kappa shape index (κ2) is 28.8. The van der Waals surface area contributed by atoms with Gasteiger partial charge in [-0.25, -0.2) is 34.9 Å². The van der Waals surface area contributed by atoms with Gasteiger partial charge in [-0.1, -0.05) is 358 Å². The van der Waals surface area contributed by atoms with Gasteiger partial charge >= 0.3 is 0 Å². The average molecular weight is 1630 g/mol. The summed E-state index contributed by atoms with van der Waals surface area (Å²) >= 11 is 0. The molecule has 2 aliphatic heterocycles. The Morgan fingerprint density at radius 3 is 0.930 bits per heavy atom. The maximum absolute atomic E-state index is 5.67. The topological polar surface area (TPSA) is 96.7 Å². The Labute approximate surface area is 739 Å². The van der Waals surface area contributed by atoms with Crippen molar-refractivity contribution in [1.29, 1.82) is 0 Å². The first-order valence-corrected chi connectivity index (χ1v) is 43.7. The third-order valence-corrected chi connectivity index (χ3v) is 26.9. The summed E-state index contributed by atoms with van der Waals surface area (Å²) in [5.41, 5.74) is 35.0. The van der Waals surface area contributed by atoms with E-state index in [1.807, 2.05) is 66.7 Å². The normalized spacial score (nSPS) is 13.2. The van der Waals surface area contributed by atoms with Gasteiger partial charge in [0.15, 0.2) is 23.3 Å². The molecule has 0 fully saturated rings. The first-order chi connectivity index (χ1) is 63.4. The summed E-state index contributed by atoms with van der Waals surface area (Å²) in [6.45, 7) is 0. The Morgan fingerprint density at radius 1 is 0.164 bits per heavy atom. The molecule has 0 saturated heterocycles. The second-order valence-electron chi connectivity index (χ2n) is 33.7. The molecule has 0 radical (unpaired) electrons. The smallest absolute Gasteiger partial charge is 0.164 e. The highest BCUT2D eigenvalue weighted by Crippen LogP contribution is 2.67. The van der Waals surface area contributed by atoms with E-state index in [2.05, 4.69) is 386 Å². The minimum Gasteiger partial charge on any atom is -0.310 e. The molecule has 9 heteroatoms. The number of benzene rings is 18. The standard InChI is InChI=1S/C119H73N9/c1-5-30-78(31-6-1)114-122-106(75-56-58-76(59-57-75)112-94-69-102-110(71-92(94)90-44-17-25-52-104(90)120-112)127(84-38-11-4-12-39-84)108-54-27-23-50-100(108)118(102)96-46-19-13-40-86(96)87-41-14-20-47-97(87)118)73-107(123-114)83-37-29-36-82(68-83)74-64-66-85(67-65-74)128-109-55-28-24-51-101(109)119(98-48-21-15-42-88(98)89-43-16-22-49-99(89)119)103-70-95-93(72-111(103)128)91-45-18-26-53-105(91)121-113(95)77-60-62-81(63-61-77)117-125-115(79-32-7-2-8-33-79)124-116(126-117)80-34-9-3-10-35-80/h1-73H. The lowest BCUT2D eigenvalue weighted by molar-refractivity contribution is 0.754. The van der Waals surface area contributed by atoms with Crippen molar-refractivity contribution in [1.82, 2.24) is 34.9 Å². The molecule has 6 heterocycles. The van der Waals surface area contributed by atoms with Crippen molar-refractivity contribution in [3.05, 3.63) is 487 Å². The van der Waals surface area contributed by atoms with E-state index in [0.29, 0.717) is 23.3 Å². The minimum atomic E-state index is -0.720. The van der Waals surface area contributed by atoms with Gasteiger partial charge in [0.05, 0.1) is 67.4 Å². The third kappa shape index (κ3) is 11.1. The van der Waals surface area contributed by atoms with Crippen molar-refractivity contribution in [3.63, 3.8) is 0 Å². The highest BCUT2D eigenvalue weighted by molar-refractivity contribution is 6.16. The molecular weight excluding hydrogens is 1560 g/mol. The number of fused-ring (bicyclic) bond motifs is 24. The molecule has 18 aromatic carbocycles. The molecule has 22 aromatic rings. The Morgan fingerprint density at radius 2 is 0.484 bits per heavy atom. The summed E-state index contributed by atoms with van der Waals surface area (Å²) < 4.78 is 0. The fourth-order valence-corrected chi connectivity index (χ4v) is 21.3. The lowest BCUT2D eigenvalue weighted by Gasteiger charge is -2.45. The van der Waals surface area contributed by atoms with Crippen LogP contribution in [0, 0.1) is 0 Å². The first-order valence-electron chi connectivity index (χ1n) is 43.7. The van der Waals surface area contributed by atoms with E-state index in [9.17, 15) is 0 Å². The van der Waals surface area contributed by atoms with Crippen LogP contribution >= 0.6 is 0 Å². The Kier molecular flexibility index (Phi) is 16.3. The fourth-order valence-electron chi connectivity index (χ4n) is 21.3. The zero-order valence-corrected chi connectivity index (χ0v) is 69.2. The van der Waals surface area contributed by atoms with Gasteiger partial charge in [0.2, 0.25) is 0 Å². The van der Waals surface area contributed by atoms with E-state index in [1.54, 1.807) is 0 Å². The summed E-state index contributed by atoms with van der Waals surface area (Å²) in [7, 11) is 0. The van der Waals surface area contributed by atoms with Gasteiger partial charge in [-0.15, -0.1) is 0 Å². The van der Waals surface area contributed by atoms with E-state index < -0.39 is 10.8 Å². The number of aromatic nitrogens is 7. The quantitative estimate of drug-likeness (QED) is 0.117. The number of nitrogens with zero attached hydrogens (tertiary/aromatic N) is 9. The van der Waals surface area contributed by atoms with Crippen molar-refractivity contribution in [3.8, 4) is 124 Å². The zero-order chi connectivity index (χ0) is 84.1. The lowest BCUT2D eigenvalue weighted by Crippen LogP contribution is -2.36. The molecule has 594 valence electrons. The van der Waals surface area contributed by atoms with Crippen LogP contribution in [-0.4, -0.2) is 34.9 Å². The van der Waals surface area contributed by atoms with Crippen LogP contribution in [0.1, 0.15) is 44.5 Å². The third-order valence-electron chi connectivity index (χ3n) is 26.9. The van der Waals surface area contributed by atoms with E-state index >= 15 is 0 Å². The van der Waals surface area contributed by atoms with Gasteiger partial charge in [-0.2, -0.15) is 0 Å². The van der Waals surface area contributed by atoms with E-state index in [0.717, 1.165) is 156 Å². The minimum absolute atomic E-state index is 0.591. The zero-order valence-electron chi connectivity index (χ0n) is 69.2. The summed E-state index contributed by atoms with van der Waals surface area (Å²) in [5, 5.41) is 6.53. The SMILES string of the molecule is c1ccc(-c2nc(-c3ccc(-c4nc5ccccc5c5cc6c(cc45)C4(c5ccccc5-c5ccccc54)c4ccccc4N6c4ccccc4)cc3)cc(-c3cccc(-c4ccc(N5c6ccccc6C6(c7ccccc7-c7ccccc76)c6cc7c(-c8ccc(-c9nc(-c%10ccccc%10)nc(-c%10ccccc%10)n9)cc8)nc8ccccc8c7cc65)cc4)c3)n2)cc1. The van der Waals surface area contributed by atoms with E-state index in [-0.39, 0.29) is 0 Å². The number of hydrogen-bond acceptors (Lipinski definition) is 9. The first kappa shape index (κ1) is 72.6. The molecular formula is C119H73N9. The number of hydrogen-bond donors (Lipinski definition) is 0. The Balaban J connectivity index is 0.586. The molecule has 4 aromatic heterocycles. The van der Waals surface area contributed by atoms with Crippen molar-refractivity contribution < 1.29 is 0 Å². The maximum Gasteiger partial charge on any atom is 0.164 e.